The average Bonchev–Trinajstić information content (AvgIpc) is 1.90. The molecule has 58 valence electrons. The van der Waals surface area contributed by atoms with E-state index in [-0.39, 0.29) is 18.3 Å². The van der Waals surface area contributed by atoms with Gasteiger partial charge in [0.25, 0.3) is 0 Å². The lowest BCUT2D eigenvalue weighted by Gasteiger charge is -2.01. The van der Waals surface area contributed by atoms with Crippen LogP contribution in [0.5, 0.6) is 0 Å². The third-order valence-electron chi connectivity index (χ3n) is 0.693. The zero-order valence-electron chi connectivity index (χ0n) is 5.46. The van der Waals surface area contributed by atoms with Crippen LogP contribution in [0.2, 0.25) is 0 Å². The lowest BCUT2D eigenvalue weighted by molar-refractivity contribution is 0.406. The molecule has 0 aliphatic rings. The lowest BCUT2D eigenvalue weighted by atomic mass is 10.6. The smallest absolute Gasteiger partial charge is 0.220 e. The number of aliphatic imine (C=N–C) groups is 1. The standard InChI is InChI=1S/C4H11N5O/c1-3(10)2-7-4(8-5)9-6/h10H,1-2,5-6H2,(H2,7,8,9). The Bertz CT molecular complexity index is 137. The van der Waals surface area contributed by atoms with E-state index in [1.54, 1.807) is 0 Å². The van der Waals surface area contributed by atoms with Crippen LogP contribution in [0.15, 0.2) is 17.3 Å². The van der Waals surface area contributed by atoms with Crippen LogP contribution in [0.4, 0.5) is 0 Å². The molecule has 6 nitrogen and oxygen atoms in total. The maximum absolute atomic E-state index is 8.55. The number of nitrogens with zero attached hydrogens (tertiary/aromatic N) is 1. The van der Waals surface area contributed by atoms with Gasteiger partial charge in [0.15, 0.2) is 0 Å². The van der Waals surface area contributed by atoms with E-state index in [1.165, 1.54) is 0 Å². The Morgan fingerprint density at radius 1 is 1.50 bits per heavy atom. The summed E-state index contributed by atoms with van der Waals surface area (Å²) in [5, 5.41) is 8.55. The molecule has 0 bridgehead atoms. The van der Waals surface area contributed by atoms with Crippen LogP contribution in [-0.2, 0) is 0 Å². The molecule has 0 amide bonds. The highest BCUT2D eigenvalue weighted by Crippen LogP contribution is 1.80. The highest BCUT2D eigenvalue weighted by atomic mass is 16.3. The van der Waals surface area contributed by atoms with Crippen molar-refractivity contribution in [2.75, 3.05) is 6.54 Å². The second-order valence-electron chi connectivity index (χ2n) is 1.52. The topological polar surface area (TPSA) is 109 Å². The molecule has 0 unspecified atom stereocenters. The summed E-state index contributed by atoms with van der Waals surface area (Å²) in [4.78, 5) is 3.66. The van der Waals surface area contributed by atoms with Gasteiger partial charge in [-0.15, -0.1) is 0 Å². The molecule has 0 heterocycles. The molecule has 7 N–H and O–H groups in total. The summed E-state index contributed by atoms with van der Waals surface area (Å²) >= 11 is 0. The molecule has 0 aromatic carbocycles. The molecule has 0 aliphatic carbocycles. The molecule has 0 atom stereocenters. The van der Waals surface area contributed by atoms with Gasteiger partial charge in [-0.25, -0.2) is 16.7 Å². The van der Waals surface area contributed by atoms with Gasteiger partial charge in [-0.3, -0.25) is 10.9 Å². The number of aliphatic hydroxyl groups is 1. The number of nitrogens with two attached hydrogens (primary N) is 2. The number of nitrogens with one attached hydrogen (secondary N) is 2. The Hall–Kier alpha value is -1.27. The Labute approximate surface area is 58.6 Å². The molecule has 0 saturated heterocycles. The fourth-order valence-electron chi connectivity index (χ4n) is 0.303. The quantitative estimate of drug-likeness (QED) is 0.105. The Morgan fingerprint density at radius 2 is 2.00 bits per heavy atom. The number of hydrogen-bond acceptors (Lipinski definition) is 4. The van der Waals surface area contributed by atoms with E-state index in [0.717, 1.165) is 0 Å². The Morgan fingerprint density at radius 3 is 2.30 bits per heavy atom. The van der Waals surface area contributed by atoms with E-state index in [0.29, 0.717) is 0 Å². The van der Waals surface area contributed by atoms with Crippen molar-refractivity contribution in [3.05, 3.63) is 12.3 Å². The molecule has 10 heavy (non-hydrogen) atoms. The van der Waals surface area contributed by atoms with Crippen LogP contribution in [-0.4, -0.2) is 17.6 Å². The normalized spacial score (nSPS) is 8.20. The van der Waals surface area contributed by atoms with Gasteiger partial charge >= 0.3 is 0 Å². The third-order valence-corrected chi connectivity index (χ3v) is 0.693. The zero-order chi connectivity index (χ0) is 7.98. The van der Waals surface area contributed by atoms with E-state index < -0.39 is 0 Å². The molecule has 0 rings (SSSR count). The van der Waals surface area contributed by atoms with E-state index in [2.05, 4.69) is 22.4 Å². The largest absolute Gasteiger partial charge is 0.511 e. The van der Waals surface area contributed by atoms with Crippen LogP contribution in [0.25, 0.3) is 0 Å². The SMILES string of the molecule is C=C(O)CN=C(NN)NN. The van der Waals surface area contributed by atoms with Crippen molar-refractivity contribution in [3.8, 4) is 0 Å². The van der Waals surface area contributed by atoms with Gasteiger partial charge in [0.2, 0.25) is 5.96 Å². The molecular weight excluding hydrogens is 134 g/mol. The summed E-state index contributed by atoms with van der Waals surface area (Å²) in [5.74, 6) is 10.0. The number of aliphatic hydroxyl groups excluding tert-OH is 1. The fourth-order valence-corrected chi connectivity index (χ4v) is 0.303. The van der Waals surface area contributed by atoms with E-state index in [9.17, 15) is 0 Å². The van der Waals surface area contributed by atoms with E-state index in [1.807, 2.05) is 0 Å². The second-order valence-corrected chi connectivity index (χ2v) is 1.52. The summed E-state index contributed by atoms with van der Waals surface area (Å²) in [6, 6.07) is 0. The average molecular weight is 145 g/mol. The molecule has 0 fully saturated rings. The summed E-state index contributed by atoms with van der Waals surface area (Å²) in [7, 11) is 0. The highest BCUT2D eigenvalue weighted by Gasteiger charge is 1.89. The molecule has 0 spiro atoms. The van der Waals surface area contributed by atoms with Crippen LogP contribution in [0, 0.1) is 0 Å². The first kappa shape index (κ1) is 8.73. The first-order valence-corrected chi connectivity index (χ1v) is 2.55. The fraction of sp³-hybridized carbons (Fsp3) is 0.250. The summed E-state index contributed by atoms with van der Waals surface area (Å²) in [5.41, 5.74) is 4.34. The maximum atomic E-state index is 8.55. The van der Waals surface area contributed by atoms with Gasteiger partial charge in [-0.1, -0.05) is 6.58 Å². The molecule has 0 aromatic heterocycles. The third kappa shape index (κ3) is 3.70. The van der Waals surface area contributed by atoms with Crippen molar-refractivity contribution in [2.45, 2.75) is 0 Å². The predicted molar refractivity (Wildman–Crippen MR) is 38.7 cm³/mol. The van der Waals surface area contributed by atoms with Gasteiger partial charge in [-0.2, -0.15) is 0 Å². The van der Waals surface area contributed by atoms with Crippen molar-refractivity contribution in [1.82, 2.24) is 10.9 Å². The molecular formula is C4H11N5O. The predicted octanol–water partition coefficient (Wildman–Crippen LogP) is -1.66. The van der Waals surface area contributed by atoms with E-state index >= 15 is 0 Å². The Kier molecular flexibility index (Phi) is 4.01. The number of rotatable bonds is 2. The first-order chi connectivity index (χ1) is 4.70. The van der Waals surface area contributed by atoms with Gasteiger partial charge in [0.05, 0.1) is 6.54 Å². The Balaban J connectivity index is 3.74. The maximum Gasteiger partial charge on any atom is 0.220 e. The zero-order valence-corrected chi connectivity index (χ0v) is 5.46. The number of hydrogen-bond donors (Lipinski definition) is 5. The van der Waals surface area contributed by atoms with Gasteiger partial charge in [0, 0.05) is 0 Å². The van der Waals surface area contributed by atoms with Crippen molar-refractivity contribution in [3.63, 3.8) is 0 Å². The van der Waals surface area contributed by atoms with Crippen molar-refractivity contribution in [2.24, 2.45) is 16.7 Å². The monoisotopic (exact) mass is 145 g/mol. The van der Waals surface area contributed by atoms with Crippen LogP contribution in [0.3, 0.4) is 0 Å². The minimum absolute atomic E-state index is 0.0528. The molecule has 0 aromatic rings. The van der Waals surface area contributed by atoms with Crippen molar-refractivity contribution in [1.29, 1.82) is 0 Å². The highest BCUT2D eigenvalue weighted by molar-refractivity contribution is 5.78. The number of guanidine groups is 1. The minimum Gasteiger partial charge on any atom is -0.511 e. The molecule has 0 aliphatic heterocycles. The second kappa shape index (κ2) is 4.59. The molecule has 6 heteroatoms. The van der Waals surface area contributed by atoms with Crippen molar-refractivity contribution >= 4 is 5.96 Å². The van der Waals surface area contributed by atoms with Crippen molar-refractivity contribution < 1.29 is 5.11 Å². The van der Waals surface area contributed by atoms with Crippen LogP contribution < -0.4 is 22.5 Å². The summed E-state index contributed by atoms with van der Waals surface area (Å²) in [6.07, 6.45) is 0. The van der Waals surface area contributed by atoms with Crippen LogP contribution >= 0.6 is 0 Å². The molecule has 0 saturated carbocycles. The number of hydrazine groups is 2. The first-order valence-electron chi connectivity index (χ1n) is 2.55. The molecule has 0 radical (unpaired) electrons. The van der Waals surface area contributed by atoms with Gasteiger partial charge < -0.3 is 5.11 Å². The minimum atomic E-state index is -0.0528. The lowest BCUT2D eigenvalue weighted by Crippen LogP contribution is -2.45. The van der Waals surface area contributed by atoms with Gasteiger partial charge in [-0.05, 0) is 0 Å². The van der Waals surface area contributed by atoms with Crippen LogP contribution in [0.1, 0.15) is 0 Å². The van der Waals surface area contributed by atoms with Gasteiger partial charge in [0.1, 0.15) is 5.76 Å². The van der Waals surface area contributed by atoms with E-state index in [4.69, 9.17) is 16.8 Å². The summed E-state index contributed by atoms with van der Waals surface area (Å²) in [6.45, 7) is 3.28. The summed E-state index contributed by atoms with van der Waals surface area (Å²) < 4.78 is 0.